The molecule has 0 aliphatic heterocycles. The van der Waals surface area contributed by atoms with Crippen molar-refractivity contribution in [2.75, 3.05) is 7.11 Å². The van der Waals surface area contributed by atoms with Gasteiger partial charge in [-0.1, -0.05) is 20.8 Å². The number of aromatic amines is 1. The molecule has 0 saturated heterocycles. The first-order valence-corrected chi connectivity index (χ1v) is 5.41. The van der Waals surface area contributed by atoms with Gasteiger partial charge in [0.05, 0.1) is 12.8 Å². The lowest BCUT2D eigenvalue weighted by atomic mass is 9.89. The maximum atomic E-state index is 11.9. The predicted molar refractivity (Wildman–Crippen MR) is 63.8 cm³/mol. The standard InChI is InChI=1S/C10H14INO2/c1-10(2,3)8(13)6-5-7(14-4)9(11)12-6/h5,12H,1-4H3. The number of carbonyl (C=O) groups is 1. The van der Waals surface area contributed by atoms with E-state index in [9.17, 15) is 4.79 Å². The van der Waals surface area contributed by atoms with Gasteiger partial charge in [-0.05, 0) is 22.6 Å². The van der Waals surface area contributed by atoms with E-state index in [-0.39, 0.29) is 11.2 Å². The van der Waals surface area contributed by atoms with E-state index in [2.05, 4.69) is 27.6 Å². The molecular formula is C10H14INO2. The zero-order valence-corrected chi connectivity index (χ0v) is 10.9. The van der Waals surface area contributed by atoms with Crippen molar-refractivity contribution in [1.82, 2.24) is 4.98 Å². The molecule has 0 atom stereocenters. The number of Topliss-reactive ketones (excluding diaryl/α,β-unsaturated/α-hetero) is 1. The highest BCUT2D eigenvalue weighted by molar-refractivity contribution is 14.1. The number of carbonyl (C=O) groups excluding carboxylic acids is 1. The lowest BCUT2D eigenvalue weighted by molar-refractivity contribution is 0.0853. The number of hydrogen-bond acceptors (Lipinski definition) is 2. The van der Waals surface area contributed by atoms with Gasteiger partial charge in [0, 0.05) is 11.5 Å². The monoisotopic (exact) mass is 307 g/mol. The molecule has 1 aromatic heterocycles. The Labute approximate surface area is 97.4 Å². The molecule has 1 N–H and O–H groups in total. The minimum Gasteiger partial charge on any atom is -0.494 e. The highest BCUT2D eigenvalue weighted by Crippen LogP contribution is 2.26. The summed E-state index contributed by atoms with van der Waals surface area (Å²) in [5.41, 5.74) is 0.248. The molecule has 78 valence electrons. The van der Waals surface area contributed by atoms with E-state index in [0.29, 0.717) is 5.69 Å². The van der Waals surface area contributed by atoms with Crippen LogP contribution in [0.25, 0.3) is 0 Å². The minimum absolute atomic E-state index is 0.0960. The summed E-state index contributed by atoms with van der Waals surface area (Å²) in [6, 6.07) is 1.75. The number of ketones is 1. The van der Waals surface area contributed by atoms with E-state index >= 15 is 0 Å². The molecule has 0 aliphatic rings. The van der Waals surface area contributed by atoms with Crippen LogP contribution in [0.4, 0.5) is 0 Å². The fourth-order valence-corrected chi connectivity index (χ4v) is 1.75. The number of methoxy groups -OCH3 is 1. The molecule has 0 saturated carbocycles. The quantitative estimate of drug-likeness (QED) is 0.674. The zero-order chi connectivity index (χ0) is 10.9. The molecule has 0 radical (unpaired) electrons. The van der Waals surface area contributed by atoms with Gasteiger partial charge < -0.3 is 9.72 Å². The highest BCUT2D eigenvalue weighted by atomic mass is 127. The fraction of sp³-hybridized carbons (Fsp3) is 0.500. The molecule has 0 amide bonds. The number of nitrogens with one attached hydrogen (secondary N) is 1. The Bertz CT molecular complexity index is 349. The minimum atomic E-state index is -0.362. The van der Waals surface area contributed by atoms with Crippen LogP contribution in [0.1, 0.15) is 31.3 Å². The number of ether oxygens (including phenoxy) is 1. The smallest absolute Gasteiger partial charge is 0.184 e. The molecule has 0 fully saturated rings. The first-order chi connectivity index (χ1) is 6.36. The second kappa shape index (κ2) is 3.92. The summed E-state index contributed by atoms with van der Waals surface area (Å²) in [6.07, 6.45) is 0. The van der Waals surface area contributed by atoms with Crippen LogP contribution in [-0.4, -0.2) is 17.9 Å². The Morgan fingerprint density at radius 1 is 1.50 bits per heavy atom. The van der Waals surface area contributed by atoms with Gasteiger partial charge in [-0.2, -0.15) is 0 Å². The van der Waals surface area contributed by atoms with Crippen LogP contribution < -0.4 is 4.74 Å². The molecule has 14 heavy (non-hydrogen) atoms. The van der Waals surface area contributed by atoms with Crippen molar-refractivity contribution < 1.29 is 9.53 Å². The molecule has 4 heteroatoms. The summed E-state index contributed by atoms with van der Waals surface area (Å²) in [5.74, 6) is 0.817. The Morgan fingerprint density at radius 3 is 2.43 bits per heavy atom. The van der Waals surface area contributed by atoms with Gasteiger partial charge in [-0.25, -0.2) is 0 Å². The summed E-state index contributed by atoms with van der Waals surface area (Å²) >= 11 is 2.11. The van der Waals surface area contributed by atoms with E-state index in [1.54, 1.807) is 13.2 Å². The predicted octanol–water partition coefficient (Wildman–Crippen LogP) is 2.86. The Balaban J connectivity index is 3.03. The van der Waals surface area contributed by atoms with E-state index < -0.39 is 0 Å². The average Bonchev–Trinajstić information content (AvgIpc) is 2.43. The van der Waals surface area contributed by atoms with Gasteiger partial charge in [0.1, 0.15) is 3.70 Å². The van der Waals surface area contributed by atoms with Crippen molar-refractivity contribution in [3.05, 3.63) is 15.5 Å². The molecule has 0 aromatic carbocycles. The summed E-state index contributed by atoms with van der Waals surface area (Å²) in [4.78, 5) is 14.9. The number of H-pyrrole nitrogens is 1. The van der Waals surface area contributed by atoms with Crippen molar-refractivity contribution in [3.8, 4) is 5.75 Å². The molecule has 3 nitrogen and oxygen atoms in total. The summed E-state index contributed by atoms with van der Waals surface area (Å²) < 4.78 is 5.96. The van der Waals surface area contributed by atoms with Gasteiger partial charge in [0.15, 0.2) is 11.5 Å². The van der Waals surface area contributed by atoms with Crippen LogP contribution in [-0.2, 0) is 0 Å². The van der Waals surface area contributed by atoms with Crippen molar-refractivity contribution in [3.63, 3.8) is 0 Å². The average molecular weight is 307 g/mol. The van der Waals surface area contributed by atoms with E-state index in [1.807, 2.05) is 20.8 Å². The second-order valence-corrected chi connectivity index (χ2v) is 5.22. The third kappa shape index (κ3) is 2.29. The SMILES string of the molecule is COc1cc(C(=O)C(C)(C)C)[nH]c1I. The van der Waals surface area contributed by atoms with Crippen LogP contribution in [0.15, 0.2) is 6.07 Å². The maximum absolute atomic E-state index is 11.9. The Hall–Kier alpha value is -0.520. The van der Waals surface area contributed by atoms with Crippen LogP contribution >= 0.6 is 22.6 Å². The highest BCUT2D eigenvalue weighted by Gasteiger charge is 2.25. The van der Waals surface area contributed by atoms with Crippen LogP contribution in [0.3, 0.4) is 0 Å². The van der Waals surface area contributed by atoms with E-state index in [1.165, 1.54) is 0 Å². The van der Waals surface area contributed by atoms with Crippen LogP contribution in [0.5, 0.6) is 5.75 Å². The Kier molecular flexibility index (Phi) is 3.24. The van der Waals surface area contributed by atoms with Crippen LogP contribution in [0.2, 0.25) is 0 Å². The number of aromatic nitrogens is 1. The topological polar surface area (TPSA) is 42.1 Å². The third-order valence-corrected chi connectivity index (χ3v) is 2.68. The van der Waals surface area contributed by atoms with Gasteiger partial charge in [-0.15, -0.1) is 0 Å². The van der Waals surface area contributed by atoms with Gasteiger partial charge in [-0.3, -0.25) is 4.79 Å². The summed E-state index contributed by atoms with van der Waals surface area (Å²) in [6.45, 7) is 5.69. The van der Waals surface area contributed by atoms with E-state index in [0.717, 1.165) is 9.45 Å². The molecule has 1 rings (SSSR count). The molecule has 1 heterocycles. The normalized spacial score (nSPS) is 11.5. The molecule has 0 spiro atoms. The van der Waals surface area contributed by atoms with Gasteiger partial charge >= 0.3 is 0 Å². The summed E-state index contributed by atoms with van der Waals surface area (Å²) in [5, 5.41) is 0. The molecule has 0 unspecified atom stereocenters. The first-order valence-electron chi connectivity index (χ1n) is 4.33. The maximum Gasteiger partial charge on any atom is 0.184 e. The van der Waals surface area contributed by atoms with Gasteiger partial charge in [0.2, 0.25) is 0 Å². The molecule has 1 aromatic rings. The number of rotatable bonds is 2. The number of halogens is 1. The molecule has 0 aliphatic carbocycles. The fourth-order valence-electron chi connectivity index (χ4n) is 1.09. The first kappa shape index (κ1) is 11.6. The number of hydrogen-bond donors (Lipinski definition) is 1. The van der Waals surface area contributed by atoms with Gasteiger partial charge in [0.25, 0.3) is 0 Å². The van der Waals surface area contributed by atoms with E-state index in [4.69, 9.17) is 4.74 Å². The summed E-state index contributed by atoms with van der Waals surface area (Å²) in [7, 11) is 1.59. The van der Waals surface area contributed by atoms with Crippen molar-refractivity contribution in [2.24, 2.45) is 5.41 Å². The third-order valence-electron chi connectivity index (χ3n) is 1.88. The largest absolute Gasteiger partial charge is 0.494 e. The lowest BCUT2D eigenvalue weighted by Gasteiger charge is -2.14. The van der Waals surface area contributed by atoms with Crippen molar-refractivity contribution >= 4 is 28.4 Å². The van der Waals surface area contributed by atoms with Crippen molar-refractivity contribution in [1.29, 1.82) is 0 Å². The second-order valence-electron chi connectivity index (χ2n) is 4.14. The van der Waals surface area contributed by atoms with Crippen molar-refractivity contribution in [2.45, 2.75) is 20.8 Å². The lowest BCUT2D eigenvalue weighted by Crippen LogP contribution is -2.20. The molecular weight excluding hydrogens is 293 g/mol. The van der Waals surface area contributed by atoms with Crippen LogP contribution in [0, 0.1) is 9.12 Å². The molecule has 0 bridgehead atoms. The zero-order valence-electron chi connectivity index (χ0n) is 8.77. The Morgan fingerprint density at radius 2 is 2.07 bits per heavy atom.